The van der Waals surface area contributed by atoms with Crippen LogP contribution in [0.15, 0.2) is 53.6 Å². The Morgan fingerprint density at radius 2 is 1.79 bits per heavy atom. The predicted molar refractivity (Wildman–Crippen MR) is 69.8 cm³/mol. The minimum atomic E-state index is -1.30. The van der Waals surface area contributed by atoms with Crippen molar-refractivity contribution in [2.24, 2.45) is 0 Å². The fourth-order valence-electron chi connectivity index (χ4n) is 2.43. The average Bonchev–Trinajstić information content (AvgIpc) is 2.38. The highest BCUT2D eigenvalue weighted by Crippen LogP contribution is 2.38. The Morgan fingerprint density at radius 1 is 1.16 bits per heavy atom. The molecule has 0 fully saturated rings. The maximum Gasteiger partial charge on any atom is 0.331 e. The lowest BCUT2D eigenvalue weighted by atomic mass is 9.71. The molecule has 0 amide bonds. The molecule has 0 radical (unpaired) electrons. The highest BCUT2D eigenvalue weighted by Gasteiger charge is 2.42. The van der Waals surface area contributed by atoms with Gasteiger partial charge in [0, 0.05) is 12.0 Å². The van der Waals surface area contributed by atoms with Gasteiger partial charge in [-0.3, -0.25) is 4.79 Å². The molecule has 0 saturated heterocycles. The fraction of sp³-hybridized carbons (Fsp3) is 0.200. The first-order chi connectivity index (χ1) is 8.95. The summed E-state index contributed by atoms with van der Waals surface area (Å²) in [5, 5.41) is 18.7. The number of benzene rings is 1. The van der Waals surface area contributed by atoms with Crippen LogP contribution >= 0.6 is 0 Å². The zero-order valence-electron chi connectivity index (χ0n) is 10.5. The SMILES string of the molecule is CC1=CC(C(=O)O)(c2ccccc2)CC(C(=O)O)=C1. The Hall–Kier alpha value is -2.36. The van der Waals surface area contributed by atoms with Crippen LogP contribution in [0.2, 0.25) is 0 Å². The van der Waals surface area contributed by atoms with Crippen molar-refractivity contribution in [3.8, 4) is 0 Å². The number of allylic oxidation sites excluding steroid dienone is 2. The van der Waals surface area contributed by atoms with E-state index in [1.807, 2.05) is 0 Å². The first-order valence-corrected chi connectivity index (χ1v) is 5.88. The number of carboxylic acids is 2. The standard InChI is InChI=1S/C15H14O4/c1-10-7-11(13(16)17)9-15(8-10,14(18)19)12-5-3-2-4-6-12/h2-8H,9H2,1H3,(H,16,17)(H,18,19). The summed E-state index contributed by atoms with van der Waals surface area (Å²) in [6, 6.07) is 8.72. The van der Waals surface area contributed by atoms with Gasteiger partial charge < -0.3 is 10.2 Å². The second-order valence-corrected chi connectivity index (χ2v) is 4.68. The molecule has 1 aliphatic rings. The number of carbonyl (C=O) groups is 2. The monoisotopic (exact) mass is 258 g/mol. The number of rotatable bonds is 3. The van der Waals surface area contributed by atoms with Gasteiger partial charge in [0.25, 0.3) is 0 Å². The molecular weight excluding hydrogens is 244 g/mol. The summed E-state index contributed by atoms with van der Waals surface area (Å²) in [5.41, 5.74) is 0.0585. The first kappa shape index (κ1) is 13.1. The molecule has 4 nitrogen and oxygen atoms in total. The van der Waals surface area contributed by atoms with E-state index in [0.717, 1.165) is 0 Å². The van der Waals surface area contributed by atoms with E-state index in [2.05, 4.69) is 0 Å². The number of carboxylic acid groups (broad SMARTS) is 2. The van der Waals surface area contributed by atoms with Crippen molar-refractivity contribution >= 4 is 11.9 Å². The van der Waals surface area contributed by atoms with E-state index >= 15 is 0 Å². The summed E-state index contributed by atoms with van der Waals surface area (Å²) in [6.45, 7) is 1.71. The minimum Gasteiger partial charge on any atom is -0.480 e. The smallest absolute Gasteiger partial charge is 0.331 e. The molecule has 4 heteroatoms. The largest absolute Gasteiger partial charge is 0.480 e. The zero-order valence-corrected chi connectivity index (χ0v) is 10.5. The van der Waals surface area contributed by atoms with Crippen LogP contribution in [0, 0.1) is 0 Å². The van der Waals surface area contributed by atoms with Gasteiger partial charge in [0.05, 0.1) is 0 Å². The molecule has 0 bridgehead atoms. The molecule has 1 atom stereocenters. The van der Waals surface area contributed by atoms with Crippen molar-refractivity contribution in [2.75, 3.05) is 0 Å². The second-order valence-electron chi connectivity index (χ2n) is 4.68. The number of hydrogen-bond donors (Lipinski definition) is 2. The summed E-state index contributed by atoms with van der Waals surface area (Å²) < 4.78 is 0. The van der Waals surface area contributed by atoms with Crippen molar-refractivity contribution in [3.63, 3.8) is 0 Å². The highest BCUT2D eigenvalue weighted by atomic mass is 16.4. The Labute approximate surface area is 110 Å². The summed E-state index contributed by atoms with van der Waals surface area (Å²) in [6.07, 6.45) is 3.10. The Bertz CT molecular complexity index is 583. The molecule has 0 aromatic heterocycles. The molecule has 0 spiro atoms. The van der Waals surface area contributed by atoms with E-state index < -0.39 is 17.4 Å². The van der Waals surface area contributed by atoms with Crippen molar-refractivity contribution < 1.29 is 19.8 Å². The van der Waals surface area contributed by atoms with Crippen LogP contribution < -0.4 is 0 Å². The van der Waals surface area contributed by atoms with E-state index in [1.54, 1.807) is 43.3 Å². The Morgan fingerprint density at radius 3 is 2.32 bits per heavy atom. The maximum atomic E-state index is 11.7. The lowest BCUT2D eigenvalue weighted by Crippen LogP contribution is -2.37. The van der Waals surface area contributed by atoms with Crippen LogP contribution in [0.4, 0.5) is 0 Å². The summed E-state index contributed by atoms with van der Waals surface area (Å²) in [5.74, 6) is -2.11. The average molecular weight is 258 g/mol. The Kier molecular flexibility index (Phi) is 3.25. The predicted octanol–water partition coefficient (Wildman–Crippen LogP) is 2.37. The number of hydrogen-bond acceptors (Lipinski definition) is 2. The molecule has 98 valence electrons. The molecule has 1 aromatic carbocycles. The van der Waals surface area contributed by atoms with Crippen molar-refractivity contribution in [1.29, 1.82) is 0 Å². The van der Waals surface area contributed by atoms with Crippen molar-refractivity contribution in [2.45, 2.75) is 18.8 Å². The third-order valence-electron chi connectivity index (χ3n) is 3.29. The molecular formula is C15H14O4. The first-order valence-electron chi connectivity index (χ1n) is 5.88. The Balaban J connectivity index is 2.58. The van der Waals surface area contributed by atoms with Crippen LogP contribution in [-0.4, -0.2) is 22.2 Å². The van der Waals surface area contributed by atoms with Gasteiger partial charge in [-0.05, 0) is 18.6 Å². The van der Waals surface area contributed by atoms with Crippen LogP contribution in [-0.2, 0) is 15.0 Å². The van der Waals surface area contributed by atoms with E-state index in [9.17, 15) is 14.7 Å². The molecule has 0 heterocycles. The quantitative estimate of drug-likeness (QED) is 0.872. The van der Waals surface area contributed by atoms with Crippen LogP contribution in [0.1, 0.15) is 18.9 Å². The van der Waals surface area contributed by atoms with Gasteiger partial charge in [-0.1, -0.05) is 42.0 Å². The third-order valence-corrected chi connectivity index (χ3v) is 3.29. The zero-order chi connectivity index (χ0) is 14.0. The topological polar surface area (TPSA) is 74.6 Å². The number of aliphatic carboxylic acids is 2. The summed E-state index contributed by atoms with van der Waals surface area (Å²) in [4.78, 5) is 22.9. The molecule has 2 N–H and O–H groups in total. The molecule has 2 rings (SSSR count). The van der Waals surface area contributed by atoms with E-state index in [-0.39, 0.29) is 12.0 Å². The fourth-order valence-corrected chi connectivity index (χ4v) is 2.43. The van der Waals surface area contributed by atoms with Gasteiger partial charge in [-0.15, -0.1) is 0 Å². The van der Waals surface area contributed by atoms with Gasteiger partial charge in [-0.2, -0.15) is 0 Å². The lowest BCUT2D eigenvalue weighted by Gasteiger charge is -2.30. The van der Waals surface area contributed by atoms with E-state index in [1.165, 1.54) is 6.08 Å². The summed E-state index contributed by atoms with van der Waals surface area (Å²) in [7, 11) is 0. The molecule has 0 saturated carbocycles. The van der Waals surface area contributed by atoms with Crippen molar-refractivity contribution in [3.05, 3.63) is 59.2 Å². The molecule has 19 heavy (non-hydrogen) atoms. The van der Waals surface area contributed by atoms with Crippen molar-refractivity contribution in [1.82, 2.24) is 0 Å². The van der Waals surface area contributed by atoms with Gasteiger partial charge >= 0.3 is 11.9 Å². The minimum absolute atomic E-state index is 0.0426. The van der Waals surface area contributed by atoms with Gasteiger partial charge in [0.2, 0.25) is 0 Å². The van der Waals surface area contributed by atoms with Gasteiger partial charge in [0.15, 0.2) is 0 Å². The van der Waals surface area contributed by atoms with Gasteiger partial charge in [-0.25, -0.2) is 4.79 Å². The van der Waals surface area contributed by atoms with Crippen LogP contribution in [0.25, 0.3) is 0 Å². The highest BCUT2D eigenvalue weighted by molar-refractivity contribution is 5.93. The normalized spacial score (nSPS) is 22.4. The van der Waals surface area contributed by atoms with Gasteiger partial charge in [0.1, 0.15) is 5.41 Å². The van der Waals surface area contributed by atoms with Crippen LogP contribution in [0.5, 0.6) is 0 Å². The maximum absolute atomic E-state index is 11.7. The van der Waals surface area contributed by atoms with E-state index in [0.29, 0.717) is 11.1 Å². The molecule has 1 aliphatic carbocycles. The third kappa shape index (κ3) is 2.29. The lowest BCUT2D eigenvalue weighted by molar-refractivity contribution is -0.142. The second kappa shape index (κ2) is 4.72. The van der Waals surface area contributed by atoms with Crippen LogP contribution in [0.3, 0.4) is 0 Å². The van der Waals surface area contributed by atoms with E-state index in [4.69, 9.17) is 5.11 Å². The summed E-state index contributed by atoms with van der Waals surface area (Å²) >= 11 is 0. The molecule has 0 aliphatic heterocycles. The molecule has 1 aromatic rings. The molecule has 1 unspecified atom stereocenters.